The Morgan fingerprint density at radius 3 is 1.50 bits per heavy atom. The van der Waals surface area contributed by atoms with Gasteiger partial charge in [-0.25, -0.2) is 0 Å². The lowest BCUT2D eigenvalue weighted by Crippen LogP contribution is -2.55. The minimum absolute atomic E-state index is 0.0272. The second kappa shape index (κ2) is 37.0. The maximum atomic E-state index is 12.7. The number of esters is 2. The van der Waals surface area contributed by atoms with E-state index in [1.54, 1.807) is 21.1 Å². The molecule has 0 aliphatic rings. The van der Waals surface area contributed by atoms with Gasteiger partial charge >= 0.3 is 11.9 Å². The topological polar surface area (TPSA) is 102 Å². The first kappa shape index (κ1) is 51.0. The Kier molecular flexibility index (Phi) is 34.9. The van der Waals surface area contributed by atoms with Crippen molar-refractivity contribution in [1.29, 1.82) is 0 Å². The Labute approximate surface area is 330 Å². The van der Waals surface area contributed by atoms with Crippen molar-refractivity contribution in [2.45, 2.75) is 174 Å². The molecular weight excluding hydrogens is 679 g/mol. The van der Waals surface area contributed by atoms with E-state index in [2.05, 4.69) is 68.5 Å². The van der Waals surface area contributed by atoms with Crippen molar-refractivity contribution in [3.63, 3.8) is 0 Å². The summed E-state index contributed by atoms with van der Waals surface area (Å²) in [5.74, 6) is -1.78. The summed E-state index contributed by atoms with van der Waals surface area (Å²) in [6.07, 6.45) is 43.8. The Bertz CT molecular complexity index is 1070. The molecule has 8 nitrogen and oxygen atoms in total. The van der Waals surface area contributed by atoms with E-state index in [9.17, 15) is 19.5 Å². The lowest BCUT2D eigenvalue weighted by molar-refractivity contribution is -0.889. The van der Waals surface area contributed by atoms with Crippen molar-refractivity contribution in [2.24, 2.45) is 0 Å². The molecule has 2 atom stereocenters. The van der Waals surface area contributed by atoms with Crippen LogP contribution in [-0.2, 0) is 28.6 Å². The molecule has 8 heteroatoms. The molecule has 0 aromatic heterocycles. The number of rotatable bonds is 37. The summed E-state index contributed by atoms with van der Waals surface area (Å²) in [5.41, 5.74) is 0. The molecule has 0 N–H and O–H groups in total. The molecule has 0 bridgehead atoms. The summed E-state index contributed by atoms with van der Waals surface area (Å²) in [6, 6.07) is -0.732. The van der Waals surface area contributed by atoms with Gasteiger partial charge < -0.3 is 28.6 Å². The number of allylic oxidation sites excluding steroid dienone is 10. The van der Waals surface area contributed by atoms with Crippen molar-refractivity contribution >= 4 is 17.9 Å². The number of carbonyl (C=O) groups excluding carboxylic acids is 3. The van der Waals surface area contributed by atoms with Gasteiger partial charge in [0.1, 0.15) is 12.6 Å². The van der Waals surface area contributed by atoms with Crippen molar-refractivity contribution in [3.05, 3.63) is 60.8 Å². The van der Waals surface area contributed by atoms with E-state index < -0.39 is 18.1 Å². The first-order valence-electron chi connectivity index (χ1n) is 21.4. The van der Waals surface area contributed by atoms with Crippen molar-refractivity contribution in [2.75, 3.05) is 41.0 Å². The summed E-state index contributed by atoms with van der Waals surface area (Å²) in [4.78, 5) is 36.8. The lowest BCUT2D eigenvalue weighted by atomic mass is 10.1. The molecule has 2 unspecified atom stereocenters. The van der Waals surface area contributed by atoms with Crippen LogP contribution < -0.4 is 5.11 Å². The summed E-state index contributed by atoms with van der Waals surface area (Å²) in [6.45, 7) is 4.55. The minimum atomic E-state index is -1.13. The number of carboxylic acids is 1. The molecule has 0 aromatic rings. The van der Waals surface area contributed by atoms with Crippen LogP contribution >= 0.6 is 0 Å². The van der Waals surface area contributed by atoms with Gasteiger partial charge in [0.25, 0.3) is 0 Å². The van der Waals surface area contributed by atoms with E-state index >= 15 is 0 Å². The van der Waals surface area contributed by atoms with Crippen LogP contribution in [0, 0.1) is 0 Å². The largest absolute Gasteiger partial charge is 0.544 e. The van der Waals surface area contributed by atoms with Crippen LogP contribution in [0.1, 0.15) is 162 Å². The summed E-state index contributed by atoms with van der Waals surface area (Å²) >= 11 is 0. The molecule has 0 aromatic carbocycles. The number of carboxylic acid groups (broad SMARTS) is 1. The highest BCUT2D eigenvalue weighted by atomic mass is 16.6. The normalized spacial score (nSPS) is 13.6. The molecule has 0 saturated carbocycles. The zero-order valence-electron chi connectivity index (χ0n) is 35.1. The third-order valence-electron chi connectivity index (χ3n) is 9.22. The van der Waals surface area contributed by atoms with Crippen LogP contribution in [0.3, 0.4) is 0 Å². The fourth-order valence-corrected chi connectivity index (χ4v) is 5.84. The van der Waals surface area contributed by atoms with Gasteiger partial charge in [-0.2, -0.15) is 0 Å². The summed E-state index contributed by atoms with van der Waals surface area (Å²) in [5, 5.41) is 11.6. The Hall–Kier alpha value is -2.97. The van der Waals surface area contributed by atoms with Crippen molar-refractivity contribution in [1.82, 2.24) is 0 Å². The fourth-order valence-electron chi connectivity index (χ4n) is 5.84. The molecule has 0 radical (unpaired) electrons. The SMILES string of the molecule is CCCCC/C=C/C=C/C=C/C=C/CCCCCCCC(=O)OCC(COCCC(C(=O)[O-])[N+](C)(C)C)OC(=O)CCCCCCC/C=C/CCCCC. The lowest BCUT2D eigenvalue weighted by Gasteiger charge is -2.34. The summed E-state index contributed by atoms with van der Waals surface area (Å²) in [7, 11) is 5.39. The highest BCUT2D eigenvalue weighted by molar-refractivity contribution is 5.70. The van der Waals surface area contributed by atoms with Crippen molar-refractivity contribution < 1.29 is 38.2 Å². The first-order valence-corrected chi connectivity index (χ1v) is 21.4. The van der Waals surface area contributed by atoms with E-state index in [0.29, 0.717) is 12.8 Å². The fraction of sp³-hybridized carbons (Fsp3) is 0.717. The number of hydrogen-bond acceptors (Lipinski definition) is 7. The van der Waals surface area contributed by atoms with Gasteiger partial charge in [0.15, 0.2) is 6.10 Å². The number of quaternary nitrogens is 1. The number of aliphatic carboxylic acids is 1. The highest BCUT2D eigenvalue weighted by Gasteiger charge is 2.25. The third-order valence-corrected chi connectivity index (χ3v) is 9.22. The van der Waals surface area contributed by atoms with Crippen LogP contribution in [0.15, 0.2) is 60.8 Å². The quantitative estimate of drug-likeness (QED) is 0.0204. The van der Waals surface area contributed by atoms with E-state index in [4.69, 9.17) is 14.2 Å². The van der Waals surface area contributed by atoms with Gasteiger partial charge in [-0.05, 0) is 64.2 Å². The zero-order valence-corrected chi connectivity index (χ0v) is 35.1. The maximum absolute atomic E-state index is 12.7. The smallest absolute Gasteiger partial charge is 0.306 e. The summed E-state index contributed by atoms with van der Waals surface area (Å²) < 4.78 is 17.1. The second-order valence-electron chi connectivity index (χ2n) is 15.3. The van der Waals surface area contributed by atoms with E-state index in [0.717, 1.165) is 77.0 Å². The van der Waals surface area contributed by atoms with E-state index in [-0.39, 0.29) is 42.7 Å². The minimum Gasteiger partial charge on any atom is -0.544 e. The Morgan fingerprint density at radius 1 is 0.556 bits per heavy atom. The van der Waals surface area contributed by atoms with Gasteiger partial charge in [-0.1, -0.05) is 139 Å². The van der Waals surface area contributed by atoms with Gasteiger partial charge in [-0.3, -0.25) is 9.59 Å². The highest BCUT2D eigenvalue weighted by Crippen LogP contribution is 2.13. The average molecular weight is 758 g/mol. The Balaban J connectivity index is 4.42. The molecular formula is C46H79NO7. The molecule has 0 fully saturated rings. The standard InChI is InChI=1S/C46H79NO7/c1-6-8-10-12-14-16-18-20-21-22-23-24-25-27-28-30-32-34-36-44(48)53-41-42(40-52-39-38-43(46(50)51)47(3,4)5)54-45(49)37-35-33-31-29-26-19-17-15-13-11-9-7-2/h14-18,20-24,42-43H,6-13,19,25-41H2,1-5H3/b16-14+,17-15+,20-18+,22-21+,24-23+. The van der Waals surface area contributed by atoms with Crippen LogP contribution in [-0.4, -0.2) is 75.5 Å². The number of hydrogen-bond donors (Lipinski definition) is 0. The monoisotopic (exact) mass is 758 g/mol. The zero-order chi connectivity index (χ0) is 40.0. The molecule has 0 spiro atoms. The van der Waals surface area contributed by atoms with E-state index in [1.807, 2.05) is 6.08 Å². The van der Waals surface area contributed by atoms with Gasteiger partial charge in [0.05, 0.1) is 40.3 Å². The number of carbonyl (C=O) groups is 3. The molecule has 0 rings (SSSR count). The van der Waals surface area contributed by atoms with Crippen LogP contribution in [0.25, 0.3) is 0 Å². The number of ether oxygens (including phenoxy) is 3. The van der Waals surface area contributed by atoms with Gasteiger partial charge in [0.2, 0.25) is 0 Å². The van der Waals surface area contributed by atoms with Crippen LogP contribution in [0.2, 0.25) is 0 Å². The first-order chi connectivity index (χ1) is 26.1. The third kappa shape index (κ3) is 34.8. The Morgan fingerprint density at radius 2 is 1.00 bits per heavy atom. The molecule has 0 saturated heterocycles. The van der Waals surface area contributed by atoms with Crippen LogP contribution in [0.5, 0.6) is 0 Å². The predicted molar refractivity (Wildman–Crippen MR) is 222 cm³/mol. The van der Waals surface area contributed by atoms with E-state index in [1.165, 1.54) is 51.4 Å². The molecule has 0 heterocycles. The maximum Gasteiger partial charge on any atom is 0.306 e. The average Bonchev–Trinajstić information content (AvgIpc) is 3.12. The molecule has 310 valence electrons. The van der Waals surface area contributed by atoms with Crippen molar-refractivity contribution in [3.8, 4) is 0 Å². The molecule has 54 heavy (non-hydrogen) atoms. The van der Waals surface area contributed by atoms with Crippen LogP contribution in [0.4, 0.5) is 0 Å². The molecule has 0 aliphatic heterocycles. The second-order valence-corrected chi connectivity index (χ2v) is 15.3. The molecule has 0 aliphatic carbocycles. The number of unbranched alkanes of at least 4 members (excludes halogenated alkanes) is 16. The van der Waals surface area contributed by atoms with Gasteiger partial charge in [-0.15, -0.1) is 0 Å². The number of likely N-dealkylation sites (N-methyl/N-ethyl adjacent to an activating group) is 1. The number of nitrogens with zero attached hydrogens (tertiary/aromatic N) is 1. The predicted octanol–water partition coefficient (Wildman–Crippen LogP) is 10.1. The van der Waals surface area contributed by atoms with Gasteiger partial charge in [0, 0.05) is 19.3 Å². The molecule has 0 amide bonds.